The average molecular weight is 357 g/mol. The third kappa shape index (κ3) is 4.15. The fourth-order valence-corrected chi connectivity index (χ4v) is 2.78. The molecule has 0 heterocycles. The smallest absolute Gasteiger partial charge is 0.147 e. The summed E-state index contributed by atoms with van der Waals surface area (Å²) in [7, 11) is 0. The van der Waals surface area contributed by atoms with Gasteiger partial charge in [0.15, 0.2) is 0 Å². The highest BCUT2D eigenvalue weighted by atomic mass is 79.9. The summed E-state index contributed by atoms with van der Waals surface area (Å²) in [6, 6.07) is 10.9. The van der Waals surface area contributed by atoms with Crippen molar-refractivity contribution >= 4 is 33.5 Å². The first-order chi connectivity index (χ1) is 9.56. The van der Waals surface area contributed by atoms with E-state index in [1.54, 1.807) is 30.3 Å². The van der Waals surface area contributed by atoms with Gasteiger partial charge < -0.3 is 0 Å². The van der Waals surface area contributed by atoms with Crippen LogP contribution in [-0.4, -0.2) is 11.5 Å². The van der Waals surface area contributed by atoms with E-state index >= 15 is 0 Å². The van der Waals surface area contributed by atoms with E-state index in [4.69, 9.17) is 0 Å². The van der Waals surface area contributed by atoms with E-state index in [2.05, 4.69) is 15.9 Å². The molecule has 2 aromatic rings. The zero-order valence-electron chi connectivity index (χ0n) is 10.4. The summed E-state index contributed by atoms with van der Waals surface area (Å²) < 4.78 is 27.6. The van der Waals surface area contributed by atoms with Crippen LogP contribution in [0.15, 0.2) is 51.8 Å². The van der Waals surface area contributed by atoms with Gasteiger partial charge in [-0.25, -0.2) is 8.78 Å². The minimum Gasteiger partial charge on any atom is -0.298 e. The van der Waals surface area contributed by atoms with E-state index in [0.29, 0.717) is 14.9 Å². The van der Waals surface area contributed by atoms with Crippen LogP contribution in [0, 0.1) is 11.6 Å². The molecule has 0 unspecified atom stereocenters. The van der Waals surface area contributed by atoms with Gasteiger partial charge in [-0.1, -0.05) is 34.1 Å². The molecule has 0 aromatic heterocycles. The lowest BCUT2D eigenvalue weighted by Crippen LogP contribution is -2.07. The number of carbonyl (C=O) groups is 1. The third-order valence-corrected chi connectivity index (χ3v) is 4.23. The second kappa shape index (κ2) is 6.99. The number of Topliss-reactive ketones (excluding diaryl/α,β-unsaturated/α-hetero) is 1. The van der Waals surface area contributed by atoms with Crippen LogP contribution in [0.2, 0.25) is 0 Å². The molecule has 0 fully saturated rings. The number of hydrogen-bond donors (Lipinski definition) is 0. The number of halogens is 3. The molecular formula is C15H11BrF2OS. The maximum atomic E-state index is 13.6. The fourth-order valence-electron chi connectivity index (χ4n) is 1.65. The first-order valence-electron chi connectivity index (χ1n) is 5.89. The first-order valence-corrected chi connectivity index (χ1v) is 7.67. The van der Waals surface area contributed by atoms with E-state index in [9.17, 15) is 13.6 Å². The van der Waals surface area contributed by atoms with E-state index in [0.717, 1.165) is 11.8 Å². The highest BCUT2D eigenvalue weighted by Crippen LogP contribution is 2.22. The minimum atomic E-state index is -0.413. The number of benzene rings is 2. The number of thioether (sulfide) groups is 1. The highest BCUT2D eigenvalue weighted by Gasteiger charge is 2.10. The zero-order valence-corrected chi connectivity index (χ0v) is 12.8. The maximum Gasteiger partial charge on any atom is 0.147 e. The molecule has 5 heteroatoms. The Morgan fingerprint density at radius 1 is 1.10 bits per heavy atom. The molecule has 0 spiro atoms. The van der Waals surface area contributed by atoms with Crippen LogP contribution in [0.5, 0.6) is 0 Å². The quantitative estimate of drug-likeness (QED) is 0.726. The lowest BCUT2D eigenvalue weighted by atomic mass is 10.1. The van der Waals surface area contributed by atoms with Crippen LogP contribution >= 0.6 is 27.7 Å². The third-order valence-electron chi connectivity index (χ3n) is 2.63. The van der Waals surface area contributed by atoms with Gasteiger partial charge in [0.05, 0.1) is 5.75 Å². The summed E-state index contributed by atoms with van der Waals surface area (Å²) in [6.45, 7) is 0. The molecule has 0 N–H and O–H groups in total. The summed E-state index contributed by atoms with van der Waals surface area (Å²) in [4.78, 5) is 12.2. The Kier molecular flexibility index (Phi) is 5.31. The van der Waals surface area contributed by atoms with Crippen LogP contribution in [0.1, 0.15) is 5.56 Å². The summed E-state index contributed by atoms with van der Waals surface area (Å²) in [6.07, 6.45) is 0.0145. The Morgan fingerprint density at radius 3 is 2.55 bits per heavy atom. The molecule has 0 atom stereocenters. The van der Waals surface area contributed by atoms with Crippen molar-refractivity contribution in [2.24, 2.45) is 0 Å². The average Bonchev–Trinajstić information content (AvgIpc) is 2.41. The predicted molar refractivity (Wildman–Crippen MR) is 79.9 cm³/mol. The number of ketones is 1. The summed E-state index contributed by atoms with van der Waals surface area (Å²) in [5, 5.41) is 0. The summed E-state index contributed by atoms with van der Waals surface area (Å²) in [5.74, 6) is -0.778. The Balaban J connectivity index is 1.94. The van der Waals surface area contributed by atoms with Gasteiger partial charge in [-0.2, -0.15) is 0 Å². The molecule has 0 bridgehead atoms. The molecule has 104 valence electrons. The molecular weight excluding hydrogens is 346 g/mol. The number of hydrogen-bond acceptors (Lipinski definition) is 2. The molecule has 0 saturated heterocycles. The summed E-state index contributed by atoms with van der Waals surface area (Å²) in [5.41, 5.74) is 0.354. The maximum absolute atomic E-state index is 13.6. The van der Waals surface area contributed by atoms with E-state index < -0.39 is 5.82 Å². The van der Waals surface area contributed by atoms with Gasteiger partial charge in [-0.15, -0.1) is 11.8 Å². The molecule has 0 aliphatic heterocycles. The van der Waals surface area contributed by atoms with Gasteiger partial charge in [-0.3, -0.25) is 4.79 Å². The van der Waals surface area contributed by atoms with Crippen LogP contribution in [0.3, 0.4) is 0 Å². The molecule has 20 heavy (non-hydrogen) atoms. The molecule has 2 aromatic carbocycles. The standard InChI is InChI=1S/C15H11BrF2OS/c16-11-6-5-10(14(18)8-11)7-12(19)9-20-15-4-2-1-3-13(15)17/h1-6,8H,7,9H2. The van der Waals surface area contributed by atoms with Crippen molar-refractivity contribution in [3.05, 3.63) is 64.1 Å². The zero-order chi connectivity index (χ0) is 14.5. The summed E-state index contributed by atoms with van der Waals surface area (Å²) >= 11 is 4.29. The number of rotatable bonds is 5. The topological polar surface area (TPSA) is 17.1 Å². The van der Waals surface area contributed by atoms with Crippen molar-refractivity contribution in [2.75, 3.05) is 5.75 Å². The second-order valence-corrected chi connectivity index (χ2v) is 6.10. The lowest BCUT2D eigenvalue weighted by Gasteiger charge is -2.04. The molecule has 0 saturated carbocycles. The van der Waals surface area contributed by atoms with Gasteiger partial charge >= 0.3 is 0 Å². The highest BCUT2D eigenvalue weighted by molar-refractivity contribution is 9.10. The van der Waals surface area contributed by atoms with E-state index in [-0.39, 0.29) is 23.8 Å². The van der Waals surface area contributed by atoms with Crippen molar-refractivity contribution in [1.29, 1.82) is 0 Å². The van der Waals surface area contributed by atoms with Crippen LogP contribution in [0.25, 0.3) is 0 Å². The lowest BCUT2D eigenvalue weighted by molar-refractivity contribution is -0.116. The van der Waals surface area contributed by atoms with Gasteiger partial charge in [0.2, 0.25) is 0 Å². The van der Waals surface area contributed by atoms with Crippen molar-refractivity contribution in [2.45, 2.75) is 11.3 Å². The van der Waals surface area contributed by atoms with Gasteiger partial charge in [0, 0.05) is 15.8 Å². The van der Waals surface area contributed by atoms with Crippen LogP contribution in [0.4, 0.5) is 8.78 Å². The second-order valence-electron chi connectivity index (χ2n) is 4.17. The van der Waals surface area contributed by atoms with Crippen molar-refractivity contribution in [3.63, 3.8) is 0 Å². The van der Waals surface area contributed by atoms with Crippen molar-refractivity contribution < 1.29 is 13.6 Å². The molecule has 0 radical (unpaired) electrons. The van der Waals surface area contributed by atoms with Crippen molar-refractivity contribution in [1.82, 2.24) is 0 Å². The normalized spacial score (nSPS) is 10.6. The SMILES string of the molecule is O=C(CSc1ccccc1F)Cc1ccc(Br)cc1F. The first kappa shape index (κ1) is 15.2. The fraction of sp³-hybridized carbons (Fsp3) is 0.133. The van der Waals surface area contributed by atoms with E-state index in [1.807, 2.05) is 0 Å². The Morgan fingerprint density at radius 2 is 1.85 bits per heavy atom. The minimum absolute atomic E-state index is 0.0145. The molecule has 0 aliphatic carbocycles. The number of carbonyl (C=O) groups excluding carboxylic acids is 1. The molecule has 1 nitrogen and oxygen atoms in total. The van der Waals surface area contributed by atoms with Gasteiger partial charge in [0.25, 0.3) is 0 Å². The van der Waals surface area contributed by atoms with Crippen molar-refractivity contribution in [3.8, 4) is 0 Å². The Labute approximate surface area is 128 Å². The van der Waals surface area contributed by atoms with Gasteiger partial charge in [0.1, 0.15) is 17.4 Å². The molecule has 0 aliphatic rings. The predicted octanol–water partition coefficient (Wildman–Crippen LogP) is 4.63. The van der Waals surface area contributed by atoms with Gasteiger partial charge in [-0.05, 0) is 29.8 Å². The Hall–Kier alpha value is -1.20. The largest absolute Gasteiger partial charge is 0.298 e. The molecule has 2 rings (SSSR count). The van der Waals surface area contributed by atoms with Crippen LogP contribution < -0.4 is 0 Å². The monoisotopic (exact) mass is 356 g/mol. The Bertz CT molecular complexity index is 631. The van der Waals surface area contributed by atoms with E-state index in [1.165, 1.54) is 12.1 Å². The van der Waals surface area contributed by atoms with Crippen LogP contribution in [-0.2, 0) is 11.2 Å². The molecule has 0 amide bonds.